The molecule has 0 radical (unpaired) electrons. The summed E-state index contributed by atoms with van der Waals surface area (Å²) in [6, 6.07) is 20.9. The summed E-state index contributed by atoms with van der Waals surface area (Å²) in [6.45, 7) is 26.5. The summed E-state index contributed by atoms with van der Waals surface area (Å²) in [7, 11) is 0. The van der Waals surface area contributed by atoms with Crippen molar-refractivity contribution < 1.29 is 0 Å². The highest BCUT2D eigenvalue weighted by molar-refractivity contribution is 14.1. The number of benzene rings is 2. The Morgan fingerprint density at radius 1 is 0.833 bits per heavy atom. The van der Waals surface area contributed by atoms with E-state index in [0.29, 0.717) is 5.41 Å². The first kappa shape index (κ1) is 43.5. The summed E-state index contributed by atoms with van der Waals surface area (Å²) in [5.41, 5.74) is 2.88. The van der Waals surface area contributed by atoms with E-state index in [0.717, 1.165) is 6.54 Å². The van der Waals surface area contributed by atoms with Gasteiger partial charge in [-0.15, -0.1) is 78.5 Å². The first-order chi connectivity index (χ1) is 15.5. The third-order valence-corrected chi connectivity index (χ3v) is 7.70. The highest BCUT2D eigenvalue weighted by Gasteiger charge is 2.39. The van der Waals surface area contributed by atoms with Crippen molar-refractivity contribution >= 4 is 106 Å². The molecule has 0 amide bonds. The fraction of sp³-hybridized carbons (Fsp3) is 0.467. The molecule has 0 saturated heterocycles. The van der Waals surface area contributed by atoms with Crippen molar-refractivity contribution in [1.82, 2.24) is 0 Å². The van der Waals surface area contributed by atoms with Gasteiger partial charge in [-0.25, -0.2) is 0 Å². The second-order valence-electron chi connectivity index (χ2n) is 9.37. The molecule has 1 heterocycles. The summed E-state index contributed by atoms with van der Waals surface area (Å²) in [4.78, 5) is 2.29. The second-order valence-corrected chi connectivity index (χ2v) is 10.3. The number of hydrogen-bond acceptors (Lipinski definition) is 2. The maximum atomic E-state index is 3.94. The van der Waals surface area contributed by atoms with E-state index in [2.05, 4.69) is 146 Å². The van der Waals surface area contributed by atoms with Gasteiger partial charge in [-0.1, -0.05) is 104 Å². The molecule has 0 N–H and O–H groups in total. The average Bonchev–Trinajstić information content (AvgIpc) is 3.22. The van der Waals surface area contributed by atoms with E-state index >= 15 is 0 Å². The minimum absolute atomic E-state index is 0. The summed E-state index contributed by atoms with van der Waals surface area (Å²) in [5.74, 6) is 0. The second kappa shape index (κ2) is 21.3. The number of para-hydroxylation sites is 2. The predicted molar refractivity (Wildman–Crippen MR) is 207 cm³/mol. The number of halogens is 4. The maximum absolute atomic E-state index is 3.94. The molecule has 0 saturated carbocycles. The number of hydrogen-bond donors (Lipinski definition) is 0. The van der Waals surface area contributed by atoms with Crippen LogP contribution in [0.25, 0.3) is 0 Å². The van der Waals surface area contributed by atoms with Crippen LogP contribution in [0.1, 0.15) is 69.2 Å². The van der Waals surface area contributed by atoms with Gasteiger partial charge in [-0.3, -0.25) is 0 Å². The van der Waals surface area contributed by atoms with Crippen molar-refractivity contribution in [3.63, 3.8) is 0 Å². The third kappa shape index (κ3) is 13.5. The molecule has 36 heavy (non-hydrogen) atoms. The van der Waals surface area contributed by atoms with Gasteiger partial charge in [0, 0.05) is 34.9 Å². The molecule has 0 atom stereocenters. The fourth-order valence-electron chi connectivity index (χ4n) is 3.02. The normalized spacial score (nSPS) is 12.8. The molecule has 208 valence electrons. The smallest absolute Gasteiger partial charge is 0.0597 e. The molecule has 1 aliphatic heterocycles. The first-order valence-corrected chi connectivity index (χ1v) is 13.1. The summed E-state index contributed by atoms with van der Waals surface area (Å²) < 4.78 is 2.28. The third-order valence-electron chi connectivity index (χ3n) is 5.93. The van der Waals surface area contributed by atoms with Gasteiger partial charge >= 0.3 is 0 Å². The zero-order valence-corrected chi connectivity index (χ0v) is 33.1. The molecule has 0 fully saturated rings. The molecular weight excluding hydrogens is 896 g/mol. The molecule has 2 aromatic rings. The van der Waals surface area contributed by atoms with Gasteiger partial charge in [-0.05, 0) is 38.1 Å². The van der Waals surface area contributed by atoms with E-state index in [1.54, 1.807) is 0 Å². The van der Waals surface area contributed by atoms with E-state index in [1.165, 1.54) is 11.4 Å². The van der Waals surface area contributed by atoms with Crippen molar-refractivity contribution in [2.45, 2.75) is 74.8 Å². The lowest BCUT2D eigenvalue weighted by molar-refractivity contribution is 0.285. The highest BCUT2D eigenvalue weighted by Crippen LogP contribution is 2.41. The molecular formula is C30H50I4N2. The molecule has 0 unspecified atom stereocenters. The minimum atomic E-state index is 0. The van der Waals surface area contributed by atoms with Crippen LogP contribution in [0.5, 0.6) is 0 Å². The van der Waals surface area contributed by atoms with Crippen LogP contribution < -0.4 is 8.01 Å². The van der Waals surface area contributed by atoms with E-state index in [4.69, 9.17) is 0 Å². The number of anilines is 2. The van der Waals surface area contributed by atoms with E-state index < -0.39 is 0 Å². The van der Waals surface area contributed by atoms with Crippen molar-refractivity contribution in [2.24, 2.45) is 10.8 Å². The lowest BCUT2D eigenvalue weighted by Crippen LogP contribution is -2.48. The summed E-state index contributed by atoms with van der Waals surface area (Å²) >= 11 is 2.38. The zero-order valence-electron chi connectivity index (χ0n) is 23.9. The van der Waals surface area contributed by atoms with Gasteiger partial charge in [-0.2, -0.15) is 0 Å². The Labute approximate surface area is 288 Å². The number of rotatable bonds is 5. The van der Waals surface area contributed by atoms with Crippen LogP contribution >= 0.6 is 94.8 Å². The molecule has 0 aromatic heterocycles. The van der Waals surface area contributed by atoms with Gasteiger partial charge < -0.3 is 8.01 Å². The summed E-state index contributed by atoms with van der Waals surface area (Å²) in [5, 5.41) is 0. The Bertz CT molecular complexity index is 819. The van der Waals surface area contributed by atoms with Crippen molar-refractivity contribution in [3.8, 4) is 0 Å². The predicted octanol–water partition coefficient (Wildman–Crippen LogP) is 11.8. The topological polar surface area (TPSA) is 6.48 Å². The lowest BCUT2D eigenvalue weighted by atomic mass is 9.74. The van der Waals surface area contributed by atoms with Crippen LogP contribution in [-0.2, 0) is 0 Å². The van der Waals surface area contributed by atoms with Crippen LogP contribution in [0.4, 0.5) is 11.4 Å². The maximum Gasteiger partial charge on any atom is 0.0597 e. The van der Waals surface area contributed by atoms with Crippen molar-refractivity contribution in [2.75, 3.05) is 14.6 Å². The molecule has 3 rings (SSSR count). The Balaban J connectivity index is -0.000000235. The van der Waals surface area contributed by atoms with Crippen LogP contribution in [0, 0.1) is 10.8 Å². The van der Waals surface area contributed by atoms with E-state index in [9.17, 15) is 0 Å². The Morgan fingerprint density at radius 3 is 1.61 bits per heavy atom. The highest BCUT2D eigenvalue weighted by atomic mass is 127. The van der Waals surface area contributed by atoms with Crippen molar-refractivity contribution in [1.29, 1.82) is 0 Å². The SMILES string of the molecule is C=CC(C)(C)C(C)(C)N(I)c1ccccc1.CC.CC.CC1(C)C=CN(c2ccccc2)C1.I.I.I. The monoisotopic (exact) mass is 946 g/mol. The van der Waals surface area contributed by atoms with Crippen LogP contribution in [-0.4, -0.2) is 12.1 Å². The van der Waals surface area contributed by atoms with Crippen LogP contribution in [0.3, 0.4) is 0 Å². The molecule has 2 nitrogen and oxygen atoms in total. The van der Waals surface area contributed by atoms with Gasteiger partial charge in [0.25, 0.3) is 0 Å². The van der Waals surface area contributed by atoms with E-state index in [-0.39, 0.29) is 82.9 Å². The Kier molecular flexibility index (Phi) is 25.7. The molecule has 6 heteroatoms. The van der Waals surface area contributed by atoms with Gasteiger partial charge in [0.05, 0.1) is 28.4 Å². The van der Waals surface area contributed by atoms with Crippen molar-refractivity contribution in [3.05, 3.63) is 85.6 Å². The molecule has 2 aromatic carbocycles. The Hall–Kier alpha value is 0.440. The molecule has 0 aliphatic carbocycles. The standard InChI is InChI=1S/C14H20IN.C12H15N.2C2H6.3HI/c1-6-13(2,3)14(4,5)16(15)12-10-8-7-9-11-12;1-12(2)8-9-13(10-12)11-6-4-3-5-7-11;2*1-2;;;/h6-11H,1H2,2-5H3;3-9H,10H2,1-2H3;2*1-2H3;3*1H. The molecule has 0 spiro atoms. The van der Waals surface area contributed by atoms with E-state index in [1.807, 2.05) is 39.8 Å². The van der Waals surface area contributed by atoms with Crippen LogP contribution in [0.2, 0.25) is 0 Å². The molecule has 0 bridgehead atoms. The van der Waals surface area contributed by atoms with Gasteiger partial charge in [0.2, 0.25) is 0 Å². The minimum Gasteiger partial charge on any atom is -0.347 e. The average molecular weight is 946 g/mol. The fourth-order valence-corrected chi connectivity index (χ4v) is 3.96. The van der Waals surface area contributed by atoms with Crippen LogP contribution in [0.15, 0.2) is 85.6 Å². The first-order valence-electron chi connectivity index (χ1n) is 12.2. The largest absolute Gasteiger partial charge is 0.347 e. The number of nitrogens with zero attached hydrogens (tertiary/aromatic N) is 2. The zero-order chi connectivity index (χ0) is 25.7. The summed E-state index contributed by atoms with van der Waals surface area (Å²) in [6.07, 6.45) is 6.47. The molecule has 1 aliphatic rings. The lowest BCUT2D eigenvalue weighted by Gasteiger charge is -2.46. The quantitative estimate of drug-likeness (QED) is 0.167. The van der Waals surface area contributed by atoms with Gasteiger partial charge in [0.15, 0.2) is 0 Å². The Morgan fingerprint density at radius 2 is 1.25 bits per heavy atom. The van der Waals surface area contributed by atoms with Gasteiger partial charge in [0.1, 0.15) is 0 Å².